The molecule has 3 N–H and O–H groups in total. The molecule has 0 aliphatic heterocycles. The Morgan fingerprint density at radius 2 is 1.94 bits per heavy atom. The molecular formula is C21H24F3N5O3. The minimum absolute atomic E-state index is 0.0592. The topological polar surface area (TPSA) is 107 Å². The third-order valence-corrected chi connectivity index (χ3v) is 5.57. The van der Waals surface area contributed by atoms with Crippen LogP contribution >= 0.6 is 0 Å². The largest absolute Gasteiger partial charge is 0.416 e. The fraction of sp³-hybridized carbons (Fsp3) is 0.429. The van der Waals surface area contributed by atoms with Gasteiger partial charge in [-0.2, -0.15) is 13.2 Å². The summed E-state index contributed by atoms with van der Waals surface area (Å²) in [5.41, 5.74) is 3.97. The molecule has 11 heteroatoms. The monoisotopic (exact) mass is 451 g/mol. The highest BCUT2D eigenvalue weighted by Gasteiger charge is 2.34. The minimum atomic E-state index is -4.54. The van der Waals surface area contributed by atoms with Crippen LogP contribution in [0.1, 0.15) is 57.9 Å². The van der Waals surface area contributed by atoms with Crippen molar-refractivity contribution < 1.29 is 27.6 Å². The highest BCUT2D eigenvalue weighted by Crippen LogP contribution is 2.31. The second kappa shape index (κ2) is 9.41. The van der Waals surface area contributed by atoms with Crippen LogP contribution in [0, 0.1) is 12.8 Å². The van der Waals surface area contributed by atoms with Crippen LogP contribution in [0.25, 0.3) is 0 Å². The maximum Gasteiger partial charge on any atom is 0.416 e. The van der Waals surface area contributed by atoms with E-state index in [0.717, 1.165) is 12.1 Å². The number of aromatic nitrogens is 2. The summed E-state index contributed by atoms with van der Waals surface area (Å²) in [6.45, 7) is 1.69. The van der Waals surface area contributed by atoms with Gasteiger partial charge in [-0.25, -0.2) is 4.98 Å². The minimum Gasteiger partial charge on any atom is -0.339 e. The van der Waals surface area contributed by atoms with Gasteiger partial charge in [0, 0.05) is 24.6 Å². The van der Waals surface area contributed by atoms with Crippen molar-refractivity contribution in [3.8, 4) is 0 Å². The number of aromatic amines is 1. The van der Waals surface area contributed by atoms with Crippen molar-refractivity contribution in [2.24, 2.45) is 5.92 Å². The fourth-order valence-corrected chi connectivity index (χ4v) is 3.78. The summed E-state index contributed by atoms with van der Waals surface area (Å²) in [6.07, 6.45) is -0.982. The quantitative estimate of drug-likeness (QED) is 0.622. The Morgan fingerprint density at radius 3 is 2.59 bits per heavy atom. The number of nitrogens with zero attached hydrogens (tertiary/aromatic N) is 2. The van der Waals surface area contributed by atoms with Crippen molar-refractivity contribution in [3.63, 3.8) is 0 Å². The number of benzene rings is 1. The van der Waals surface area contributed by atoms with Crippen molar-refractivity contribution in [1.29, 1.82) is 0 Å². The lowest BCUT2D eigenvalue weighted by atomic mass is 9.84. The zero-order valence-electron chi connectivity index (χ0n) is 17.6. The molecule has 172 valence electrons. The van der Waals surface area contributed by atoms with Gasteiger partial charge in [0.2, 0.25) is 5.91 Å². The van der Waals surface area contributed by atoms with Crippen LogP contribution in [0.4, 0.5) is 13.2 Å². The van der Waals surface area contributed by atoms with Gasteiger partial charge in [-0.1, -0.05) is 12.5 Å². The first-order chi connectivity index (χ1) is 15.1. The second-order valence-corrected chi connectivity index (χ2v) is 7.84. The van der Waals surface area contributed by atoms with Gasteiger partial charge in [0.15, 0.2) is 0 Å². The molecule has 1 aromatic carbocycles. The number of hydrazine groups is 1. The molecule has 0 spiro atoms. The van der Waals surface area contributed by atoms with Crippen molar-refractivity contribution in [3.05, 3.63) is 53.1 Å². The summed E-state index contributed by atoms with van der Waals surface area (Å²) in [7, 11) is 1.52. The van der Waals surface area contributed by atoms with Gasteiger partial charge in [-0.3, -0.25) is 25.2 Å². The summed E-state index contributed by atoms with van der Waals surface area (Å²) in [5.74, 6) is -1.35. The summed E-state index contributed by atoms with van der Waals surface area (Å²) in [6, 6.07) is 3.97. The normalized spacial score (nSPS) is 18.7. The van der Waals surface area contributed by atoms with E-state index in [2.05, 4.69) is 20.8 Å². The first-order valence-corrected chi connectivity index (χ1v) is 10.1. The second-order valence-electron chi connectivity index (χ2n) is 7.84. The van der Waals surface area contributed by atoms with Crippen molar-refractivity contribution in [2.45, 2.75) is 44.8 Å². The fourth-order valence-electron chi connectivity index (χ4n) is 3.78. The Morgan fingerprint density at radius 1 is 1.19 bits per heavy atom. The molecule has 1 aromatic heterocycles. The standard InChI is InChI=1S/C21H24F3N5O3/c1-12-25-11-17(26-12)19(31)28-27-18(30)13-5-4-8-16(10-13)29(2)20(32)14-6-3-7-15(9-14)21(22,23)24/h3,6-7,9,11,13,16H,4-5,8,10H2,1-2H3,(H,25,26)(H,27,30)(H,28,31)/t13-,16+/m0/s1. The highest BCUT2D eigenvalue weighted by molar-refractivity contribution is 5.95. The zero-order chi connectivity index (χ0) is 23.5. The number of carbonyl (C=O) groups excluding carboxylic acids is 3. The molecule has 0 radical (unpaired) electrons. The average molecular weight is 451 g/mol. The van der Waals surface area contributed by atoms with Crippen LogP contribution in [0.2, 0.25) is 0 Å². The van der Waals surface area contributed by atoms with E-state index >= 15 is 0 Å². The molecule has 1 aliphatic carbocycles. The van der Waals surface area contributed by atoms with Crippen LogP contribution in [0.15, 0.2) is 30.5 Å². The molecule has 1 fully saturated rings. The molecule has 1 aliphatic rings. The number of hydrogen-bond acceptors (Lipinski definition) is 4. The van der Waals surface area contributed by atoms with Crippen molar-refractivity contribution in [2.75, 3.05) is 7.05 Å². The van der Waals surface area contributed by atoms with Gasteiger partial charge in [-0.15, -0.1) is 0 Å². The third-order valence-electron chi connectivity index (χ3n) is 5.57. The van der Waals surface area contributed by atoms with Gasteiger partial charge >= 0.3 is 6.18 Å². The Balaban J connectivity index is 1.59. The summed E-state index contributed by atoms with van der Waals surface area (Å²) >= 11 is 0. The van der Waals surface area contributed by atoms with E-state index in [1.165, 1.54) is 30.3 Å². The maximum atomic E-state index is 13.0. The summed E-state index contributed by atoms with van der Waals surface area (Å²) in [5, 5.41) is 0. The summed E-state index contributed by atoms with van der Waals surface area (Å²) < 4.78 is 38.9. The maximum absolute atomic E-state index is 13.0. The van der Waals surface area contributed by atoms with Crippen LogP contribution in [-0.2, 0) is 11.0 Å². The van der Waals surface area contributed by atoms with Gasteiger partial charge in [0.1, 0.15) is 11.5 Å². The lowest BCUT2D eigenvalue weighted by Crippen LogP contribution is -2.48. The van der Waals surface area contributed by atoms with E-state index in [-0.39, 0.29) is 23.2 Å². The van der Waals surface area contributed by atoms with Crippen LogP contribution in [-0.4, -0.2) is 45.7 Å². The number of halogens is 3. The molecular weight excluding hydrogens is 427 g/mol. The number of rotatable bonds is 4. The lowest BCUT2D eigenvalue weighted by molar-refractivity contribution is -0.137. The van der Waals surface area contributed by atoms with E-state index in [9.17, 15) is 27.6 Å². The molecule has 3 amide bonds. The number of H-pyrrole nitrogens is 1. The molecule has 0 saturated heterocycles. The molecule has 2 aromatic rings. The predicted octanol–water partition coefficient (Wildman–Crippen LogP) is 2.83. The van der Waals surface area contributed by atoms with Crippen LogP contribution < -0.4 is 10.9 Å². The molecule has 0 bridgehead atoms. The molecule has 3 rings (SSSR count). The number of imidazole rings is 1. The van der Waals surface area contributed by atoms with Gasteiger partial charge in [-0.05, 0) is 44.4 Å². The number of carbonyl (C=O) groups is 3. The molecule has 8 nitrogen and oxygen atoms in total. The smallest absolute Gasteiger partial charge is 0.339 e. The molecule has 1 saturated carbocycles. The van der Waals surface area contributed by atoms with E-state index in [1.807, 2.05) is 0 Å². The van der Waals surface area contributed by atoms with Crippen LogP contribution in [0.3, 0.4) is 0 Å². The van der Waals surface area contributed by atoms with E-state index < -0.39 is 29.5 Å². The van der Waals surface area contributed by atoms with Crippen molar-refractivity contribution in [1.82, 2.24) is 25.7 Å². The third kappa shape index (κ3) is 5.45. The van der Waals surface area contributed by atoms with Gasteiger partial charge in [0.25, 0.3) is 11.8 Å². The summed E-state index contributed by atoms with van der Waals surface area (Å²) in [4.78, 5) is 45.4. The van der Waals surface area contributed by atoms with Crippen molar-refractivity contribution >= 4 is 17.7 Å². The Kier molecular flexibility index (Phi) is 6.85. The first-order valence-electron chi connectivity index (χ1n) is 10.1. The lowest BCUT2D eigenvalue weighted by Gasteiger charge is -2.35. The number of alkyl halides is 3. The highest BCUT2D eigenvalue weighted by atomic mass is 19.4. The Labute approximate surface area is 182 Å². The Hall–Kier alpha value is -3.37. The number of aryl methyl sites for hydroxylation is 1. The molecule has 32 heavy (non-hydrogen) atoms. The van der Waals surface area contributed by atoms with Crippen LogP contribution in [0.5, 0.6) is 0 Å². The van der Waals surface area contributed by atoms with E-state index in [4.69, 9.17) is 0 Å². The first kappa shape index (κ1) is 23.3. The predicted molar refractivity (Wildman–Crippen MR) is 108 cm³/mol. The molecule has 1 heterocycles. The SMILES string of the molecule is Cc1ncc(C(=O)NNC(=O)[C@H]2CCC[C@@H](N(C)C(=O)c3cccc(C(F)(F)F)c3)C2)[nH]1. The van der Waals surface area contributed by atoms with E-state index in [1.54, 1.807) is 6.92 Å². The zero-order valence-corrected chi connectivity index (χ0v) is 17.6. The Bertz CT molecular complexity index is 1000. The number of hydrogen-bond donors (Lipinski definition) is 3. The molecule has 2 atom stereocenters. The number of amides is 3. The van der Waals surface area contributed by atoms with Gasteiger partial charge < -0.3 is 9.88 Å². The van der Waals surface area contributed by atoms with Gasteiger partial charge in [0.05, 0.1) is 11.8 Å². The average Bonchev–Trinajstić information content (AvgIpc) is 3.22. The number of nitrogens with one attached hydrogen (secondary N) is 3. The van der Waals surface area contributed by atoms with E-state index in [0.29, 0.717) is 31.5 Å². The molecule has 0 unspecified atom stereocenters.